The maximum atomic E-state index is 11.9. The van der Waals surface area contributed by atoms with E-state index in [0.717, 1.165) is 0 Å². The highest BCUT2D eigenvalue weighted by molar-refractivity contribution is 5.94. The number of nitrogens with one attached hydrogen (secondary N) is 1. The lowest BCUT2D eigenvalue weighted by Crippen LogP contribution is -2.41. The molecule has 0 aliphatic heterocycles. The number of hydrogen-bond donors (Lipinski definition) is 2. The largest absolute Gasteiger partial charge is 0.480 e. The summed E-state index contributed by atoms with van der Waals surface area (Å²) < 4.78 is 4.92. The van der Waals surface area contributed by atoms with Crippen LogP contribution in [0.25, 0.3) is 0 Å². The molecule has 1 aromatic heterocycles. The summed E-state index contributed by atoms with van der Waals surface area (Å²) in [5, 5.41) is 15.3. The van der Waals surface area contributed by atoms with Gasteiger partial charge in [-0.25, -0.2) is 4.79 Å². The van der Waals surface area contributed by atoms with Gasteiger partial charge in [-0.2, -0.15) is 0 Å². The first-order valence-corrected chi connectivity index (χ1v) is 6.31. The number of carboxylic acids is 1. The molecule has 0 unspecified atom stereocenters. The van der Waals surface area contributed by atoms with Gasteiger partial charge in [-0.05, 0) is 18.3 Å². The van der Waals surface area contributed by atoms with Crippen LogP contribution in [0, 0.1) is 5.92 Å². The number of aliphatic carboxylic acids is 1. The molecule has 1 aromatic rings. The van der Waals surface area contributed by atoms with Gasteiger partial charge in [-0.1, -0.05) is 32.9 Å². The monoisotopic (exact) mass is 268 g/mol. The predicted molar refractivity (Wildman–Crippen MR) is 68.9 cm³/mol. The fraction of sp³-hybridized carbons (Fsp3) is 0.615. The number of rotatable bonds is 6. The maximum absolute atomic E-state index is 11.9. The first-order chi connectivity index (χ1) is 8.81. The lowest BCUT2D eigenvalue weighted by atomic mass is 10.0. The molecule has 0 aliphatic rings. The van der Waals surface area contributed by atoms with E-state index in [2.05, 4.69) is 10.5 Å². The highest BCUT2D eigenvalue weighted by Gasteiger charge is 2.24. The number of aromatic nitrogens is 1. The highest BCUT2D eigenvalue weighted by Crippen LogP contribution is 2.14. The van der Waals surface area contributed by atoms with Crippen LogP contribution in [0.2, 0.25) is 0 Å². The van der Waals surface area contributed by atoms with Gasteiger partial charge in [0.25, 0.3) is 5.91 Å². The topological polar surface area (TPSA) is 92.4 Å². The Morgan fingerprint density at radius 2 is 2.00 bits per heavy atom. The lowest BCUT2D eigenvalue weighted by Gasteiger charge is -2.15. The van der Waals surface area contributed by atoms with Gasteiger partial charge in [0.1, 0.15) is 6.04 Å². The average molecular weight is 268 g/mol. The molecule has 1 rings (SSSR count). The summed E-state index contributed by atoms with van der Waals surface area (Å²) >= 11 is 0. The summed E-state index contributed by atoms with van der Waals surface area (Å²) in [7, 11) is 0. The Balaban J connectivity index is 2.73. The zero-order valence-corrected chi connectivity index (χ0v) is 11.6. The summed E-state index contributed by atoms with van der Waals surface area (Å²) in [6, 6.07) is 0.619. The number of carboxylic acid groups (broad SMARTS) is 1. The average Bonchev–Trinajstić information content (AvgIpc) is 2.76. The third-order valence-electron chi connectivity index (χ3n) is 2.65. The van der Waals surface area contributed by atoms with Gasteiger partial charge in [-0.3, -0.25) is 4.79 Å². The number of carbonyl (C=O) groups excluding carboxylic acids is 1. The maximum Gasteiger partial charge on any atom is 0.326 e. The van der Waals surface area contributed by atoms with Crippen LogP contribution in [-0.4, -0.2) is 28.2 Å². The Bertz CT molecular complexity index is 451. The fourth-order valence-electron chi connectivity index (χ4n) is 1.59. The van der Waals surface area contributed by atoms with Crippen molar-refractivity contribution < 1.29 is 19.2 Å². The van der Waals surface area contributed by atoms with Crippen LogP contribution in [0.5, 0.6) is 0 Å². The molecule has 19 heavy (non-hydrogen) atoms. The predicted octanol–water partition coefficient (Wildman–Crippen LogP) is 2.03. The molecule has 6 nitrogen and oxygen atoms in total. The van der Waals surface area contributed by atoms with Crippen molar-refractivity contribution in [2.75, 3.05) is 0 Å². The van der Waals surface area contributed by atoms with E-state index in [-0.39, 0.29) is 17.6 Å². The SMILES string of the molecule is CC(C)C[C@@H](NC(=O)c1cc(C(C)C)no1)C(=O)O. The van der Waals surface area contributed by atoms with E-state index in [4.69, 9.17) is 9.63 Å². The third kappa shape index (κ3) is 4.39. The minimum absolute atomic E-state index is 0.0405. The molecule has 1 heterocycles. The van der Waals surface area contributed by atoms with E-state index in [9.17, 15) is 9.59 Å². The smallest absolute Gasteiger partial charge is 0.326 e. The molecule has 0 saturated carbocycles. The molecule has 0 bridgehead atoms. The standard InChI is InChI=1S/C13H20N2O4/c1-7(2)5-10(13(17)18)14-12(16)11-6-9(8(3)4)15-19-11/h6-8,10H,5H2,1-4H3,(H,14,16)(H,17,18)/t10-/m1/s1. The second-order valence-electron chi connectivity index (χ2n) is 5.26. The third-order valence-corrected chi connectivity index (χ3v) is 2.65. The summed E-state index contributed by atoms with van der Waals surface area (Å²) in [5.74, 6) is -1.24. The minimum atomic E-state index is -1.05. The Morgan fingerprint density at radius 1 is 1.37 bits per heavy atom. The van der Waals surface area contributed by atoms with Crippen molar-refractivity contribution in [3.05, 3.63) is 17.5 Å². The minimum Gasteiger partial charge on any atom is -0.480 e. The van der Waals surface area contributed by atoms with Crippen LogP contribution in [0.4, 0.5) is 0 Å². The Labute approximate surface area is 112 Å². The van der Waals surface area contributed by atoms with Crippen LogP contribution < -0.4 is 5.32 Å². The zero-order chi connectivity index (χ0) is 14.6. The Kier molecular flexibility index (Phi) is 5.09. The molecule has 0 fully saturated rings. The van der Waals surface area contributed by atoms with E-state index in [1.165, 1.54) is 6.07 Å². The van der Waals surface area contributed by atoms with E-state index in [1.807, 2.05) is 27.7 Å². The van der Waals surface area contributed by atoms with Crippen molar-refractivity contribution >= 4 is 11.9 Å². The first kappa shape index (κ1) is 15.2. The number of carbonyl (C=O) groups is 2. The molecule has 1 atom stereocenters. The number of hydrogen-bond acceptors (Lipinski definition) is 4. The van der Waals surface area contributed by atoms with Crippen LogP contribution in [0.3, 0.4) is 0 Å². The molecule has 1 amide bonds. The molecule has 2 N–H and O–H groups in total. The molecule has 106 valence electrons. The van der Waals surface area contributed by atoms with Crippen LogP contribution in [0.1, 0.15) is 56.3 Å². The second kappa shape index (κ2) is 6.36. The van der Waals surface area contributed by atoms with E-state index < -0.39 is 17.9 Å². The Morgan fingerprint density at radius 3 is 2.42 bits per heavy atom. The fourth-order valence-corrected chi connectivity index (χ4v) is 1.59. The van der Waals surface area contributed by atoms with Gasteiger partial charge >= 0.3 is 5.97 Å². The van der Waals surface area contributed by atoms with Gasteiger partial charge in [0, 0.05) is 6.07 Å². The lowest BCUT2D eigenvalue weighted by molar-refractivity contribution is -0.139. The number of nitrogens with zero attached hydrogens (tertiary/aromatic N) is 1. The molecular formula is C13H20N2O4. The van der Waals surface area contributed by atoms with Crippen LogP contribution in [0.15, 0.2) is 10.6 Å². The summed E-state index contributed by atoms with van der Waals surface area (Å²) in [5.41, 5.74) is 0.667. The van der Waals surface area contributed by atoms with Gasteiger partial charge < -0.3 is 14.9 Å². The quantitative estimate of drug-likeness (QED) is 0.823. The van der Waals surface area contributed by atoms with Crippen molar-refractivity contribution in [2.24, 2.45) is 5.92 Å². The van der Waals surface area contributed by atoms with Gasteiger partial charge in [0.05, 0.1) is 5.69 Å². The highest BCUT2D eigenvalue weighted by atomic mass is 16.5. The van der Waals surface area contributed by atoms with Crippen molar-refractivity contribution in [3.8, 4) is 0 Å². The normalized spacial score (nSPS) is 12.7. The van der Waals surface area contributed by atoms with Crippen molar-refractivity contribution in [3.63, 3.8) is 0 Å². The van der Waals surface area contributed by atoms with Crippen molar-refractivity contribution in [1.29, 1.82) is 0 Å². The molecular weight excluding hydrogens is 248 g/mol. The van der Waals surface area contributed by atoms with Crippen molar-refractivity contribution in [2.45, 2.75) is 46.1 Å². The van der Waals surface area contributed by atoms with Gasteiger partial charge in [-0.15, -0.1) is 0 Å². The zero-order valence-electron chi connectivity index (χ0n) is 11.6. The molecule has 0 radical (unpaired) electrons. The first-order valence-electron chi connectivity index (χ1n) is 6.31. The van der Waals surface area contributed by atoms with E-state index in [0.29, 0.717) is 12.1 Å². The molecule has 0 aliphatic carbocycles. The second-order valence-corrected chi connectivity index (χ2v) is 5.26. The Hall–Kier alpha value is -1.85. The summed E-state index contributed by atoms with van der Waals surface area (Å²) in [4.78, 5) is 22.9. The summed E-state index contributed by atoms with van der Waals surface area (Å²) in [6.07, 6.45) is 0.367. The molecule has 0 aromatic carbocycles. The molecule has 0 saturated heterocycles. The molecule has 0 spiro atoms. The van der Waals surface area contributed by atoms with Crippen LogP contribution in [-0.2, 0) is 4.79 Å². The van der Waals surface area contributed by atoms with E-state index >= 15 is 0 Å². The number of amides is 1. The molecule has 6 heteroatoms. The van der Waals surface area contributed by atoms with E-state index in [1.54, 1.807) is 0 Å². The van der Waals surface area contributed by atoms with Crippen LogP contribution >= 0.6 is 0 Å². The van der Waals surface area contributed by atoms with Crippen molar-refractivity contribution in [1.82, 2.24) is 10.5 Å². The van der Waals surface area contributed by atoms with Gasteiger partial charge in [0.2, 0.25) is 5.76 Å². The summed E-state index contributed by atoms with van der Waals surface area (Å²) in [6.45, 7) is 7.65. The van der Waals surface area contributed by atoms with Gasteiger partial charge in [0.15, 0.2) is 0 Å².